The zero-order valence-corrected chi connectivity index (χ0v) is 14.6. The maximum Gasteiger partial charge on any atom is 0.314 e. The predicted molar refractivity (Wildman–Crippen MR) is 93.6 cm³/mol. The minimum absolute atomic E-state index is 0.00909. The lowest BCUT2D eigenvalue weighted by Gasteiger charge is -2.04. The summed E-state index contributed by atoms with van der Waals surface area (Å²) in [4.78, 5) is 0. The summed E-state index contributed by atoms with van der Waals surface area (Å²) in [6.07, 6.45) is -1.45. The van der Waals surface area contributed by atoms with Crippen molar-refractivity contribution in [1.82, 2.24) is 25.2 Å². The van der Waals surface area contributed by atoms with Gasteiger partial charge < -0.3 is 10.2 Å². The van der Waals surface area contributed by atoms with Crippen LogP contribution in [0.15, 0.2) is 47.0 Å². The monoisotopic (exact) mass is 404 g/mol. The van der Waals surface area contributed by atoms with Crippen LogP contribution in [0.1, 0.15) is 17.9 Å². The molecule has 0 unspecified atom stereocenters. The molecule has 0 bridgehead atoms. The summed E-state index contributed by atoms with van der Waals surface area (Å²) in [7, 11) is 0. The zero-order chi connectivity index (χ0) is 20.5. The molecule has 4 rings (SSSR count). The second-order valence-electron chi connectivity index (χ2n) is 6.09. The standard InChI is InChI=1S/C18H12F4N6O/c19-13-4-3-11(23)6-12(13)15-8-28(27-24-15)7-10-2-1-9(5-14(10)20)17-25-26-18(29-17)16(21)22/h1-6,8,16H,7,23H2. The Kier molecular flexibility index (Phi) is 4.71. The molecular weight excluding hydrogens is 392 g/mol. The minimum atomic E-state index is -2.91. The van der Waals surface area contributed by atoms with Crippen molar-refractivity contribution in [3.05, 3.63) is 65.7 Å². The number of nitrogens with zero attached hydrogens (tertiary/aromatic N) is 5. The first-order chi connectivity index (χ1) is 13.9. The van der Waals surface area contributed by atoms with Crippen molar-refractivity contribution in [2.24, 2.45) is 0 Å². The van der Waals surface area contributed by atoms with E-state index in [2.05, 4.69) is 20.5 Å². The largest absolute Gasteiger partial charge is 0.415 e. The van der Waals surface area contributed by atoms with Crippen LogP contribution in [0, 0.1) is 11.6 Å². The van der Waals surface area contributed by atoms with Gasteiger partial charge in [0.1, 0.15) is 17.3 Å². The van der Waals surface area contributed by atoms with Gasteiger partial charge in [-0.3, -0.25) is 0 Å². The van der Waals surface area contributed by atoms with E-state index in [1.54, 1.807) is 0 Å². The minimum Gasteiger partial charge on any atom is -0.415 e. The third-order valence-electron chi connectivity index (χ3n) is 4.06. The van der Waals surface area contributed by atoms with Crippen LogP contribution in [0.2, 0.25) is 0 Å². The average Bonchev–Trinajstić information content (AvgIpc) is 3.35. The van der Waals surface area contributed by atoms with Gasteiger partial charge in [-0.1, -0.05) is 11.3 Å². The quantitative estimate of drug-likeness (QED) is 0.401. The van der Waals surface area contributed by atoms with Crippen molar-refractivity contribution in [2.45, 2.75) is 13.0 Å². The van der Waals surface area contributed by atoms with Crippen LogP contribution in [0.25, 0.3) is 22.7 Å². The molecule has 11 heteroatoms. The molecule has 0 atom stereocenters. The molecule has 0 radical (unpaired) electrons. The highest BCUT2D eigenvalue weighted by atomic mass is 19.3. The number of anilines is 1. The fourth-order valence-corrected chi connectivity index (χ4v) is 2.66. The number of alkyl halides is 2. The Labute approximate surface area is 160 Å². The summed E-state index contributed by atoms with van der Waals surface area (Å²) in [5.41, 5.74) is 6.86. The van der Waals surface area contributed by atoms with Crippen molar-refractivity contribution in [1.29, 1.82) is 0 Å². The molecule has 2 N–H and O–H groups in total. The van der Waals surface area contributed by atoms with E-state index in [0.717, 1.165) is 6.07 Å². The van der Waals surface area contributed by atoms with Gasteiger partial charge in [0, 0.05) is 22.4 Å². The molecular formula is C18H12F4N6O. The molecule has 148 valence electrons. The van der Waals surface area contributed by atoms with Gasteiger partial charge >= 0.3 is 6.43 Å². The zero-order valence-electron chi connectivity index (χ0n) is 14.6. The van der Waals surface area contributed by atoms with E-state index in [9.17, 15) is 17.6 Å². The van der Waals surface area contributed by atoms with Crippen LogP contribution in [0.5, 0.6) is 0 Å². The molecule has 2 heterocycles. The number of nitrogen functional groups attached to an aromatic ring is 1. The summed E-state index contributed by atoms with van der Waals surface area (Å²) in [5, 5.41) is 14.4. The lowest BCUT2D eigenvalue weighted by Crippen LogP contribution is -2.03. The van der Waals surface area contributed by atoms with Crippen LogP contribution in [-0.2, 0) is 6.54 Å². The van der Waals surface area contributed by atoms with Crippen LogP contribution in [0.4, 0.5) is 23.2 Å². The predicted octanol–water partition coefficient (Wildman–Crippen LogP) is 3.84. The summed E-state index contributed by atoms with van der Waals surface area (Å²) < 4.78 is 59.6. The highest BCUT2D eigenvalue weighted by Gasteiger charge is 2.18. The topological polar surface area (TPSA) is 95.7 Å². The van der Waals surface area contributed by atoms with Crippen molar-refractivity contribution >= 4 is 5.69 Å². The van der Waals surface area contributed by atoms with E-state index in [-0.39, 0.29) is 34.8 Å². The Morgan fingerprint density at radius 3 is 2.55 bits per heavy atom. The Morgan fingerprint density at radius 2 is 1.83 bits per heavy atom. The van der Waals surface area contributed by atoms with E-state index >= 15 is 0 Å². The lowest BCUT2D eigenvalue weighted by atomic mass is 10.1. The van der Waals surface area contributed by atoms with Gasteiger partial charge in [0.2, 0.25) is 5.89 Å². The van der Waals surface area contributed by atoms with Gasteiger partial charge in [-0.05, 0) is 30.3 Å². The van der Waals surface area contributed by atoms with Crippen molar-refractivity contribution in [2.75, 3.05) is 5.73 Å². The van der Waals surface area contributed by atoms with Crippen molar-refractivity contribution < 1.29 is 22.0 Å². The number of hydrogen-bond acceptors (Lipinski definition) is 6. The first kappa shape index (κ1) is 18.6. The molecule has 2 aromatic carbocycles. The third kappa shape index (κ3) is 3.79. The molecule has 0 saturated heterocycles. The van der Waals surface area contributed by atoms with Crippen LogP contribution < -0.4 is 5.73 Å². The number of halogens is 4. The smallest absolute Gasteiger partial charge is 0.314 e. The second kappa shape index (κ2) is 7.34. The Balaban J connectivity index is 1.56. The van der Waals surface area contributed by atoms with Gasteiger partial charge in [0.25, 0.3) is 5.89 Å². The molecule has 0 aliphatic carbocycles. The Hall–Kier alpha value is -3.76. The molecule has 0 aliphatic heterocycles. The number of nitrogens with two attached hydrogens (primary N) is 1. The van der Waals surface area contributed by atoms with Gasteiger partial charge in [0.15, 0.2) is 0 Å². The SMILES string of the molecule is Nc1ccc(F)c(-c2cn(Cc3ccc(-c4nnc(C(F)F)o4)cc3F)nn2)c1. The third-order valence-corrected chi connectivity index (χ3v) is 4.06. The highest BCUT2D eigenvalue weighted by Crippen LogP contribution is 2.26. The summed E-state index contributed by atoms with van der Waals surface area (Å²) in [5.74, 6) is -2.20. The summed E-state index contributed by atoms with van der Waals surface area (Å²) >= 11 is 0. The molecule has 7 nitrogen and oxygen atoms in total. The van der Waals surface area contributed by atoms with Crippen LogP contribution in [0.3, 0.4) is 0 Å². The number of benzene rings is 2. The van der Waals surface area contributed by atoms with Gasteiger partial charge in [0.05, 0.1) is 12.7 Å². The van der Waals surface area contributed by atoms with Crippen LogP contribution in [-0.4, -0.2) is 25.2 Å². The van der Waals surface area contributed by atoms with Crippen molar-refractivity contribution in [3.8, 4) is 22.7 Å². The van der Waals surface area contributed by atoms with Gasteiger partial charge in [-0.2, -0.15) is 8.78 Å². The van der Waals surface area contributed by atoms with Gasteiger partial charge in [-0.15, -0.1) is 15.3 Å². The molecule has 2 aromatic heterocycles. The highest BCUT2D eigenvalue weighted by molar-refractivity contribution is 5.63. The molecule has 29 heavy (non-hydrogen) atoms. The van der Waals surface area contributed by atoms with E-state index in [0.29, 0.717) is 5.69 Å². The van der Waals surface area contributed by atoms with Gasteiger partial charge in [-0.25, -0.2) is 13.5 Å². The second-order valence-corrected chi connectivity index (χ2v) is 6.09. The molecule has 0 aliphatic rings. The Morgan fingerprint density at radius 1 is 1.00 bits per heavy atom. The molecule has 4 aromatic rings. The first-order valence-electron chi connectivity index (χ1n) is 8.26. The average molecular weight is 404 g/mol. The molecule has 0 amide bonds. The van der Waals surface area contributed by atoms with E-state index in [1.807, 2.05) is 0 Å². The van der Waals surface area contributed by atoms with E-state index in [1.165, 1.54) is 41.2 Å². The van der Waals surface area contributed by atoms with Crippen LogP contribution >= 0.6 is 0 Å². The fourth-order valence-electron chi connectivity index (χ4n) is 2.66. The number of aromatic nitrogens is 5. The van der Waals surface area contributed by atoms with Crippen molar-refractivity contribution in [3.63, 3.8) is 0 Å². The normalized spacial score (nSPS) is 11.3. The summed E-state index contributed by atoms with van der Waals surface area (Å²) in [6, 6.07) is 8.05. The lowest BCUT2D eigenvalue weighted by molar-refractivity contribution is 0.116. The molecule has 0 fully saturated rings. The maximum atomic E-state index is 14.5. The number of hydrogen-bond donors (Lipinski definition) is 1. The van der Waals surface area contributed by atoms with E-state index < -0.39 is 24.0 Å². The molecule has 0 spiro atoms. The molecule has 0 saturated carbocycles. The summed E-state index contributed by atoms with van der Waals surface area (Å²) in [6.45, 7) is 0.00909. The fraction of sp³-hybridized carbons (Fsp3) is 0.111. The maximum absolute atomic E-state index is 14.5. The Bertz CT molecular complexity index is 1170. The number of rotatable bonds is 5. The van der Waals surface area contributed by atoms with E-state index in [4.69, 9.17) is 10.2 Å². The first-order valence-corrected chi connectivity index (χ1v) is 8.26.